The van der Waals surface area contributed by atoms with Crippen LogP contribution >= 0.6 is 11.3 Å². The Kier molecular flexibility index (Phi) is 2.64. The molecule has 0 bridgehead atoms. The van der Waals surface area contributed by atoms with E-state index in [1.165, 1.54) is 4.88 Å². The van der Waals surface area contributed by atoms with Gasteiger partial charge in [-0.2, -0.15) is 0 Å². The molecule has 0 aliphatic carbocycles. The van der Waals surface area contributed by atoms with Gasteiger partial charge < -0.3 is 10.3 Å². The van der Waals surface area contributed by atoms with Crippen LogP contribution in [0.25, 0.3) is 21.7 Å². The lowest BCUT2D eigenvalue weighted by atomic mass is 10.1. The molecule has 0 saturated carbocycles. The van der Waals surface area contributed by atoms with Gasteiger partial charge in [0, 0.05) is 4.88 Å². The van der Waals surface area contributed by atoms with Gasteiger partial charge in [0.1, 0.15) is 5.69 Å². The number of thiophene rings is 1. The Balaban J connectivity index is 2.18. The lowest BCUT2D eigenvalue weighted by Gasteiger charge is -2.00. The molecule has 3 rings (SSSR count). The topological polar surface area (TPSA) is 52.0 Å². The fourth-order valence-electron chi connectivity index (χ4n) is 1.92. The molecular weight excluding hydrogens is 244 g/mol. The molecule has 0 spiro atoms. The Labute approximate surface area is 109 Å². The van der Waals surface area contributed by atoms with Crippen LogP contribution in [0.15, 0.2) is 47.0 Å². The van der Waals surface area contributed by atoms with E-state index < -0.39 is 0 Å². The molecule has 2 N–H and O–H groups in total. The summed E-state index contributed by atoms with van der Waals surface area (Å²) in [6, 6.07) is 14.1. The smallest absolute Gasteiger partial charge is 0.230 e. The van der Waals surface area contributed by atoms with Crippen molar-refractivity contribution in [2.75, 3.05) is 5.73 Å². The van der Waals surface area contributed by atoms with Crippen LogP contribution in [0, 0.1) is 6.92 Å². The van der Waals surface area contributed by atoms with Crippen LogP contribution in [0.3, 0.4) is 0 Å². The van der Waals surface area contributed by atoms with Gasteiger partial charge in [-0.3, -0.25) is 0 Å². The number of hydrogen-bond donors (Lipinski definition) is 1. The number of anilines is 1. The molecule has 0 aliphatic heterocycles. The standard InChI is InChI=1S/C14H12N2OS/c1-9-7-8-11(18-9)13-12(14(15)17-16-13)10-5-3-2-4-6-10/h2-8H,15H2,1H3. The van der Waals surface area contributed by atoms with Gasteiger partial charge in [0.15, 0.2) is 0 Å². The van der Waals surface area contributed by atoms with E-state index in [2.05, 4.69) is 18.1 Å². The molecule has 2 aromatic heterocycles. The minimum Gasteiger partial charge on any atom is -0.367 e. The van der Waals surface area contributed by atoms with Crippen molar-refractivity contribution >= 4 is 17.2 Å². The first-order chi connectivity index (χ1) is 8.75. The Bertz CT molecular complexity index is 670. The number of nitrogens with zero attached hydrogens (tertiary/aromatic N) is 1. The molecule has 18 heavy (non-hydrogen) atoms. The van der Waals surface area contributed by atoms with E-state index in [0.29, 0.717) is 5.88 Å². The molecule has 0 amide bonds. The Morgan fingerprint density at radius 1 is 1.11 bits per heavy atom. The third kappa shape index (κ3) is 1.80. The van der Waals surface area contributed by atoms with E-state index in [-0.39, 0.29) is 0 Å². The van der Waals surface area contributed by atoms with Gasteiger partial charge in [-0.05, 0) is 24.6 Å². The summed E-state index contributed by atoms with van der Waals surface area (Å²) in [6.45, 7) is 2.07. The highest BCUT2D eigenvalue weighted by molar-refractivity contribution is 7.15. The zero-order valence-electron chi connectivity index (χ0n) is 9.88. The molecule has 0 saturated heterocycles. The quantitative estimate of drug-likeness (QED) is 0.755. The fourth-order valence-corrected chi connectivity index (χ4v) is 2.77. The number of benzene rings is 1. The van der Waals surface area contributed by atoms with Gasteiger partial charge in [-0.15, -0.1) is 11.3 Å². The van der Waals surface area contributed by atoms with E-state index in [4.69, 9.17) is 10.3 Å². The number of aromatic nitrogens is 1. The Hall–Kier alpha value is -2.07. The highest BCUT2D eigenvalue weighted by Crippen LogP contribution is 2.38. The summed E-state index contributed by atoms with van der Waals surface area (Å²) in [7, 11) is 0. The van der Waals surface area contributed by atoms with Crippen molar-refractivity contribution in [2.45, 2.75) is 6.92 Å². The van der Waals surface area contributed by atoms with Crippen molar-refractivity contribution in [1.82, 2.24) is 5.16 Å². The maximum absolute atomic E-state index is 5.89. The van der Waals surface area contributed by atoms with Crippen molar-refractivity contribution in [1.29, 1.82) is 0 Å². The normalized spacial score (nSPS) is 10.7. The van der Waals surface area contributed by atoms with Crippen LogP contribution in [0.5, 0.6) is 0 Å². The number of nitrogen functional groups attached to an aromatic ring is 1. The van der Waals surface area contributed by atoms with Crippen molar-refractivity contribution in [3.8, 4) is 21.7 Å². The average Bonchev–Trinajstić information content (AvgIpc) is 2.96. The predicted octanol–water partition coefficient (Wildman–Crippen LogP) is 3.96. The Morgan fingerprint density at radius 3 is 2.56 bits per heavy atom. The summed E-state index contributed by atoms with van der Waals surface area (Å²) in [5.74, 6) is 0.363. The van der Waals surface area contributed by atoms with Crippen LogP contribution in [-0.4, -0.2) is 5.16 Å². The maximum atomic E-state index is 5.89. The van der Waals surface area contributed by atoms with Crippen molar-refractivity contribution < 1.29 is 4.52 Å². The molecule has 2 heterocycles. The molecule has 4 heteroatoms. The molecule has 90 valence electrons. The van der Waals surface area contributed by atoms with Gasteiger partial charge in [0.2, 0.25) is 5.88 Å². The van der Waals surface area contributed by atoms with Crippen LogP contribution in [0.1, 0.15) is 4.88 Å². The lowest BCUT2D eigenvalue weighted by Crippen LogP contribution is -1.86. The predicted molar refractivity (Wildman–Crippen MR) is 74.4 cm³/mol. The molecule has 3 aromatic rings. The molecular formula is C14H12N2OS. The van der Waals surface area contributed by atoms with E-state index in [9.17, 15) is 0 Å². The summed E-state index contributed by atoms with van der Waals surface area (Å²) < 4.78 is 5.15. The fraction of sp³-hybridized carbons (Fsp3) is 0.0714. The van der Waals surface area contributed by atoms with Crippen molar-refractivity contribution in [2.24, 2.45) is 0 Å². The molecule has 0 aliphatic rings. The second-order valence-corrected chi connectivity index (χ2v) is 5.33. The molecule has 3 nitrogen and oxygen atoms in total. The first kappa shape index (κ1) is 11.0. The first-order valence-corrected chi connectivity index (χ1v) is 6.45. The van der Waals surface area contributed by atoms with E-state index in [0.717, 1.165) is 21.7 Å². The number of nitrogens with two attached hydrogens (primary N) is 1. The minimum absolute atomic E-state index is 0.363. The second kappa shape index (κ2) is 4.31. The van der Waals surface area contributed by atoms with E-state index in [1.54, 1.807) is 11.3 Å². The van der Waals surface area contributed by atoms with Gasteiger partial charge in [0.05, 0.1) is 10.4 Å². The molecule has 0 unspecified atom stereocenters. The summed E-state index contributed by atoms with van der Waals surface area (Å²) in [5.41, 5.74) is 8.61. The third-order valence-corrected chi connectivity index (χ3v) is 3.76. The molecule has 0 radical (unpaired) electrons. The average molecular weight is 256 g/mol. The molecule has 1 aromatic carbocycles. The number of hydrogen-bond acceptors (Lipinski definition) is 4. The van der Waals surface area contributed by atoms with Crippen molar-refractivity contribution in [3.63, 3.8) is 0 Å². The zero-order chi connectivity index (χ0) is 12.5. The number of aryl methyl sites for hydroxylation is 1. The van der Waals surface area contributed by atoms with Crippen molar-refractivity contribution in [3.05, 3.63) is 47.3 Å². The van der Waals surface area contributed by atoms with Gasteiger partial charge >= 0.3 is 0 Å². The monoisotopic (exact) mass is 256 g/mol. The summed E-state index contributed by atoms with van der Waals surface area (Å²) >= 11 is 1.68. The van der Waals surface area contributed by atoms with Gasteiger partial charge in [-0.25, -0.2) is 0 Å². The highest BCUT2D eigenvalue weighted by Gasteiger charge is 2.18. The second-order valence-electron chi connectivity index (χ2n) is 4.05. The number of rotatable bonds is 2. The minimum atomic E-state index is 0.363. The maximum Gasteiger partial charge on any atom is 0.230 e. The van der Waals surface area contributed by atoms with E-state index in [1.807, 2.05) is 36.4 Å². The highest BCUT2D eigenvalue weighted by atomic mass is 32.1. The first-order valence-electron chi connectivity index (χ1n) is 5.63. The van der Waals surface area contributed by atoms with Crippen LogP contribution in [-0.2, 0) is 0 Å². The molecule has 0 atom stereocenters. The van der Waals surface area contributed by atoms with Gasteiger partial charge in [0.25, 0.3) is 0 Å². The summed E-state index contributed by atoms with van der Waals surface area (Å²) in [5, 5.41) is 4.09. The van der Waals surface area contributed by atoms with Gasteiger partial charge in [-0.1, -0.05) is 35.5 Å². The molecule has 0 fully saturated rings. The lowest BCUT2D eigenvalue weighted by molar-refractivity contribution is 0.439. The summed E-state index contributed by atoms with van der Waals surface area (Å²) in [4.78, 5) is 2.32. The van der Waals surface area contributed by atoms with Crippen LogP contribution < -0.4 is 5.73 Å². The Morgan fingerprint density at radius 2 is 1.89 bits per heavy atom. The van der Waals surface area contributed by atoms with E-state index >= 15 is 0 Å². The third-order valence-electron chi connectivity index (χ3n) is 2.75. The van der Waals surface area contributed by atoms with Crippen LogP contribution in [0.2, 0.25) is 0 Å². The SMILES string of the molecule is Cc1ccc(-c2noc(N)c2-c2ccccc2)s1. The largest absolute Gasteiger partial charge is 0.367 e. The van der Waals surface area contributed by atoms with Crippen LogP contribution in [0.4, 0.5) is 5.88 Å². The zero-order valence-corrected chi connectivity index (χ0v) is 10.7. The summed E-state index contributed by atoms with van der Waals surface area (Å²) in [6.07, 6.45) is 0.